The summed E-state index contributed by atoms with van der Waals surface area (Å²) in [5, 5.41) is 2.27. The van der Waals surface area contributed by atoms with Crippen molar-refractivity contribution in [3.05, 3.63) is 29.3 Å². The van der Waals surface area contributed by atoms with Crippen LogP contribution < -0.4 is 10.1 Å². The molecule has 1 amide bonds. The van der Waals surface area contributed by atoms with Crippen molar-refractivity contribution < 1.29 is 28.6 Å². The second kappa shape index (κ2) is 10.1. The van der Waals surface area contributed by atoms with Gasteiger partial charge in [0, 0.05) is 0 Å². The van der Waals surface area contributed by atoms with E-state index in [1.54, 1.807) is 20.8 Å². The van der Waals surface area contributed by atoms with Crippen LogP contribution in [0.3, 0.4) is 0 Å². The minimum atomic E-state index is -0.760. The summed E-state index contributed by atoms with van der Waals surface area (Å²) in [6.45, 7) is 12.2. The Hall–Kier alpha value is -2.57. The first kappa shape index (κ1) is 23.5. The monoisotopic (exact) mass is 393 g/mol. The highest BCUT2D eigenvalue weighted by molar-refractivity contribution is 5.81. The molecule has 156 valence electrons. The molecule has 0 heterocycles. The number of alkyl carbamates (subject to hydrolysis) is 1. The zero-order valence-corrected chi connectivity index (χ0v) is 17.8. The lowest BCUT2D eigenvalue weighted by Crippen LogP contribution is -2.36. The Labute approximate surface area is 166 Å². The summed E-state index contributed by atoms with van der Waals surface area (Å²) >= 11 is 0. The zero-order valence-electron chi connectivity index (χ0n) is 17.8. The average molecular weight is 393 g/mol. The second-order valence-electron chi connectivity index (χ2n) is 8.07. The SMILES string of the molecule is CC(C)c1cccc(C(C)C)c1OC(=O)COC(=O)CNC(=O)OC(C)(C)C. The highest BCUT2D eigenvalue weighted by Gasteiger charge is 2.20. The first-order valence-electron chi connectivity index (χ1n) is 9.36. The Balaban J connectivity index is 2.62. The van der Waals surface area contributed by atoms with Gasteiger partial charge < -0.3 is 19.5 Å². The number of ether oxygens (including phenoxy) is 3. The molecule has 0 aliphatic heterocycles. The third kappa shape index (κ3) is 7.98. The molecule has 0 saturated heterocycles. The molecule has 1 aromatic rings. The largest absolute Gasteiger partial charge is 0.452 e. The first-order chi connectivity index (χ1) is 12.9. The predicted molar refractivity (Wildman–Crippen MR) is 105 cm³/mol. The lowest BCUT2D eigenvalue weighted by molar-refractivity contribution is -0.152. The van der Waals surface area contributed by atoms with E-state index in [0.717, 1.165) is 11.1 Å². The number of hydrogen-bond acceptors (Lipinski definition) is 6. The predicted octanol–water partition coefficient (Wildman–Crippen LogP) is 3.91. The van der Waals surface area contributed by atoms with E-state index in [1.807, 2.05) is 45.9 Å². The molecule has 0 spiro atoms. The van der Waals surface area contributed by atoms with E-state index >= 15 is 0 Å². The molecular weight excluding hydrogens is 362 g/mol. The van der Waals surface area contributed by atoms with Crippen LogP contribution in [0.15, 0.2) is 18.2 Å². The van der Waals surface area contributed by atoms with Crippen molar-refractivity contribution >= 4 is 18.0 Å². The summed E-state index contributed by atoms with van der Waals surface area (Å²) in [7, 11) is 0. The highest BCUT2D eigenvalue weighted by atomic mass is 16.6. The van der Waals surface area contributed by atoms with Gasteiger partial charge in [0.1, 0.15) is 17.9 Å². The highest BCUT2D eigenvalue weighted by Crippen LogP contribution is 2.34. The number of nitrogens with one attached hydrogen (secondary N) is 1. The summed E-state index contributed by atoms with van der Waals surface area (Å²) in [6.07, 6.45) is -0.737. The number of hydrogen-bond donors (Lipinski definition) is 1. The number of para-hydroxylation sites is 1. The number of benzene rings is 1. The van der Waals surface area contributed by atoms with Crippen LogP contribution >= 0.6 is 0 Å². The fraction of sp³-hybridized carbons (Fsp3) is 0.571. The van der Waals surface area contributed by atoms with Gasteiger partial charge in [-0.25, -0.2) is 9.59 Å². The van der Waals surface area contributed by atoms with Crippen molar-refractivity contribution in [3.8, 4) is 5.75 Å². The van der Waals surface area contributed by atoms with Gasteiger partial charge in [-0.1, -0.05) is 45.9 Å². The zero-order chi connectivity index (χ0) is 21.5. The molecule has 0 radical (unpaired) electrons. The van der Waals surface area contributed by atoms with Crippen LogP contribution in [0.4, 0.5) is 4.79 Å². The van der Waals surface area contributed by atoms with Crippen LogP contribution in [0.5, 0.6) is 5.75 Å². The molecule has 7 heteroatoms. The molecule has 0 bridgehead atoms. The van der Waals surface area contributed by atoms with Crippen molar-refractivity contribution in [1.29, 1.82) is 0 Å². The summed E-state index contributed by atoms with van der Waals surface area (Å²) in [5.41, 5.74) is 1.16. The van der Waals surface area contributed by atoms with Crippen molar-refractivity contribution in [2.24, 2.45) is 0 Å². The summed E-state index contributed by atoms with van der Waals surface area (Å²) in [4.78, 5) is 35.4. The van der Waals surface area contributed by atoms with Gasteiger partial charge >= 0.3 is 18.0 Å². The summed E-state index contributed by atoms with van der Waals surface area (Å²) in [5.74, 6) is -0.589. The smallest absolute Gasteiger partial charge is 0.408 e. The maximum Gasteiger partial charge on any atom is 0.408 e. The third-order valence-corrected chi connectivity index (χ3v) is 3.66. The Bertz CT molecular complexity index is 677. The molecule has 0 atom stereocenters. The van der Waals surface area contributed by atoms with Crippen LogP contribution in [0.25, 0.3) is 0 Å². The van der Waals surface area contributed by atoms with Gasteiger partial charge in [-0.3, -0.25) is 4.79 Å². The fourth-order valence-electron chi connectivity index (χ4n) is 2.39. The lowest BCUT2D eigenvalue weighted by Gasteiger charge is -2.19. The van der Waals surface area contributed by atoms with Gasteiger partial charge in [-0.2, -0.15) is 0 Å². The maximum atomic E-state index is 12.2. The maximum absolute atomic E-state index is 12.2. The number of carbonyl (C=O) groups is 3. The number of rotatable bonds is 7. The van der Waals surface area contributed by atoms with Gasteiger partial charge in [-0.15, -0.1) is 0 Å². The quantitative estimate of drug-likeness (QED) is 0.558. The van der Waals surface area contributed by atoms with E-state index in [2.05, 4.69) is 5.32 Å². The molecule has 0 aliphatic carbocycles. The van der Waals surface area contributed by atoms with E-state index < -0.39 is 36.8 Å². The minimum absolute atomic E-state index is 0.169. The van der Waals surface area contributed by atoms with Crippen molar-refractivity contribution in [3.63, 3.8) is 0 Å². The van der Waals surface area contributed by atoms with Crippen molar-refractivity contribution in [2.75, 3.05) is 13.2 Å². The van der Waals surface area contributed by atoms with Crippen LogP contribution in [0, 0.1) is 0 Å². The average Bonchev–Trinajstić information content (AvgIpc) is 2.56. The van der Waals surface area contributed by atoms with Crippen LogP contribution in [0.2, 0.25) is 0 Å². The summed E-state index contributed by atoms with van der Waals surface area (Å²) in [6, 6.07) is 5.76. The minimum Gasteiger partial charge on any atom is -0.452 e. The van der Waals surface area contributed by atoms with Gasteiger partial charge in [-0.05, 0) is 43.7 Å². The Kier molecular flexibility index (Phi) is 8.47. The standard InChI is InChI=1S/C21H31NO6/c1-13(2)15-9-8-10-16(14(3)4)19(15)27-18(24)12-26-17(23)11-22-20(25)28-21(5,6)7/h8-10,13-14H,11-12H2,1-7H3,(H,22,25). The molecule has 7 nitrogen and oxygen atoms in total. The van der Waals surface area contributed by atoms with Gasteiger partial charge in [0.2, 0.25) is 0 Å². The topological polar surface area (TPSA) is 90.9 Å². The van der Waals surface area contributed by atoms with E-state index in [4.69, 9.17) is 14.2 Å². The lowest BCUT2D eigenvalue weighted by atomic mass is 9.94. The molecule has 28 heavy (non-hydrogen) atoms. The van der Waals surface area contributed by atoms with E-state index in [9.17, 15) is 14.4 Å². The molecule has 1 aromatic carbocycles. The van der Waals surface area contributed by atoms with Crippen molar-refractivity contribution in [1.82, 2.24) is 5.32 Å². The van der Waals surface area contributed by atoms with Gasteiger partial charge in [0.15, 0.2) is 6.61 Å². The van der Waals surface area contributed by atoms with E-state index in [1.165, 1.54) is 0 Å². The molecule has 0 fully saturated rings. The molecule has 0 unspecified atom stereocenters. The van der Waals surface area contributed by atoms with Crippen LogP contribution in [-0.2, 0) is 19.1 Å². The van der Waals surface area contributed by atoms with E-state index in [0.29, 0.717) is 5.75 Å². The molecule has 0 saturated carbocycles. The summed E-state index contributed by atoms with van der Waals surface area (Å²) < 4.78 is 15.4. The Morgan fingerprint density at radius 2 is 1.50 bits per heavy atom. The molecule has 0 aliphatic rings. The van der Waals surface area contributed by atoms with E-state index in [-0.39, 0.29) is 11.8 Å². The van der Waals surface area contributed by atoms with Gasteiger partial charge in [0.05, 0.1) is 0 Å². The number of esters is 2. The first-order valence-corrected chi connectivity index (χ1v) is 9.36. The van der Waals surface area contributed by atoms with Gasteiger partial charge in [0.25, 0.3) is 0 Å². The molecule has 0 aromatic heterocycles. The van der Waals surface area contributed by atoms with Crippen molar-refractivity contribution in [2.45, 2.75) is 65.9 Å². The molecular formula is C21H31NO6. The molecule has 1 rings (SSSR count). The Morgan fingerprint density at radius 3 is 1.96 bits per heavy atom. The Morgan fingerprint density at radius 1 is 0.964 bits per heavy atom. The molecule has 1 N–H and O–H groups in total. The van der Waals surface area contributed by atoms with Crippen LogP contribution in [0.1, 0.15) is 71.4 Å². The number of carbonyl (C=O) groups excluding carboxylic acids is 3. The third-order valence-electron chi connectivity index (χ3n) is 3.66. The number of amides is 1. The van der Waals surface area contributed by atoms with Crippen LogP contribution in [-0.4, -0.2) is 36.8 Å². The normalized spacial score (nSPS) is 11.3. The second-order valence-corrected chi connectivity index (χ2v) is 8.07. The fourth-order valence-corrected chi connectivity index (χ4v) is 2.39.